The summed E-state index contributed by atoms with van der Waals surface area (Å²) in [6.45, 7) is 4.84. The van der Waals surface area contributed by atoms with Crippen LogP contribution >= 0.6 is 11.6 Å². The quantitative estimate of drug-likeness (QED) is 0.758. The minimum Gasteiger partial charge on any atom is -0.335 e. The topological polar surface area (TPSA) is 33.2 Å². The molecule has 0 fully saturated rings. The van der Waals surface area contributed by atoms with E-state index in [1.165, 1.54) is 0 Å². The van der Waals surface area contributed by atoms with Crippen molar-refractivity contribution in [2.24, 2.45) is 0 Å². The Labute approximate surface area is 107 Å². The van der Waals surface area contributed by atoms with Crippen LogP contribution in [0, 0.1) is 0 Å². The molecular formula is C13H17ClN2O. The highest BCUT2D eigenvalue weighted by molar-refractivity contribution is 6.29. The van der Waals surface area contributed by atoms with Gasteiger partial charge < -0.3 is 4.90 Å². The van der Waals surface area contributed by atoms with Gasteiger partial charge in [-0.2, -0.15) is 0 Å². The first-order valence-electron chi connectivity index (χ1n) is 6.08. The second-order valence-corrected chi connectivity index (χ2v) is 4.82. The van der Waals surface area contributed by atoms with E-state index in [0.29, 0.717) is 11.6 Å². The molecule has 1 aliphatic heterocycles. The summed E-state index contributed by atoms with van der Waals surface area (Å²) >= 11 is 5.88. The van der Waals surface area contributed by atoms with Crippen LogP contribution in [0.4, 0.5) is 0 Å². The number of halogens is 1. The first kappa shape index (κ1) is 12.4. The van der Waals surface area contributed by atoms with E-state index in [4.69, 9.17) is 11.6 Å². The van der Waals surface area contributed by atoms with E-state index in [1.54, 1.807) is 6.07 Å². The Morgan fingerprint density at radius 3 is 3.06 bits per heavy atom. The molecule has 0 spiro atoms. The first-order valence-corrected chi connectivity index (χ1v) is 6.46. The largest absolute Gasteiger partial charge is 0.335 e. The highest BCUT2D eigenvalue weighted by Gasteiger charge is 2.27. The number of pyridine rings is 1. The summed E-state index contributed by atoms with van der Waals surface area (Å²) in [5, 5.41) is 0.532. The third-order valence-corrected chi connectivity index (χ3v) is 3.48. The Morgan fingerprint density at radius 1 is 1.59 bits per heavy atom. The van der Waals surface area contributed by atoms with Crippen LogP contribution in [0.1, 0.15) is 44.0 Å². The van der Waals surface area contributed by atoms with Crippen molar-refractivity contribution >= 4 is 17.5 Å². The van der Waals surface area contributed by atoms with Crippen molar-refractivity contribution in [3.05, 3.63) is 28.5 Å². The van der Waals surface area contributed by atoms with Crippen LogP contribution in [0.5, 0.6) is 0 Å². The molecule has 4 heteroatoms. The van der Waals surface area contributed by atoms with E-state index >= 15 is 0 Å². The Hall–Kier alpha value is -1.09. The molecule has 1 unspecified atom stereocenters. The lowest BCUT2D eigenvalue weighted by Gasteiger charge is -2.34. The molecule has 0 bridgehead atoms. The summed E-state index contributed by atoms with van der Waals surface area (Å²) in [6.07, 6.45) is 2.32. The molecule has 1 aromatic rings. The Balaban J connectivity index is 2.24. The normalized spacial score (nSPS) is 19.0. The van der Waals surface area contributed by atoms with Gasteiger partial charge in [0, 0.05) is 25.1 Å². The van der Waals surface area contributed by atoms with E-state index in [9.17, 15) is 4.79 Å². The summed E-state index contributed by atoms with van der Waals surface area (Å²) in [5.74, 6) is 0.237. The maximum absolute atomic E-state index is 12.0. The molecule has 3 nitrogen and oxygen atoms in total. The smallest absolute Gasteiger partial charge is 0.223 e. The fourth-order valence-electron chi connectivity index (χ4n) is 2.35. The Bertz CT molecular complexity index is 433. The second kappa shape index (κ2) is 5.05. The third kappa shape index (κ3) is 2.44. The SMILES string of the molecule is CCCC(=O)N1CCc2nc(Cl)ccc2C1C. The molecule has 0 radical (unpaired) electrons. The molecule has 17 heavy (non-hydrogen) atoms. The number of hydrogen-bond donors (Lipinski definition) is 0. The molecule has 0 aliphatic carbocycles. The number of aromatic nitrogens is 1. The zero-order valence-corrected chi connectivity index (χ0v) is 11.0. The molecule has 1 aromatic heterocycles. The summed E-state index contributed by atoms with van der Waals surface area (Å²) in [4.78, 5) is 18.2. The summed E-state index contributed by atoms with van der Waals surface area (Å²) in [5.41, 5.74) is 2.16. The first-order chi connectivity index (χ1) is 8.13. The molecule has 1 atom stereocenters. The van der Waals surface area contributed by atoms with Crippen molar-refractivity contribution in [1.29, 1.82) is 0 Å². The number of rotatable bonds is 2. The van der Waals surface area contributed by atoms with Crippen molar-refractivity contribution in [3.8, 4) is 0 Å². The number of hydrogen-bond acceptors (Lipinski definition) is 2. The number of carbonyl (C=O) groups excluding carboxylic acids is 1. The fraction of sp³-hybridized carbons (Fsp3) is 0.538. The Kier molecular flexibility index (Phi) is 3.67. The standard InChI is InChI=1S/C13H17ClN2O/c1-3-4-13(17)16-8-7-11-10(9(16)2)5-6-12(14)15-11/h5-6,9H,3-4,7-8H2,1-2H3. The van der Waals surface area contributed by atoms with Crippen molar-refractivity contribution in [2.75, 3.05) is 6.54 Å². The van der Waals surface area contributed by atoms with Crippen LogP contribution in [-0.4, -0.2) is 22.3 Å². The van der Waals surface area contributed by atoms with Crippen LogP contribution in [0.3, 0.4) is 0 Å². The molecule has 0 saturated heterocycles. The van der Waals surface area contributed by atoms with Gasteiger partial charge in [0.05, 0.1) is 6.04 Å². The van der Waals surface area contributed by atoms with Crippen LogP contribution in [0.2, 0.25) is 5.15 Å². The monoisotopic (exact) mass is 252 g/mol. The number of amides is 1. The van der Waals surface area contributed by atoms with Crippen LogP contribution < -0.4 is 0 Å². The average molecular weight is 253 g/mol. The maximum Gasteiger partial charge on any atom is 0.223 e. The molecule has 0 saturated carbocycles. The van der Waals surface area contributed by atoms with Crippen LogP contribution in [0.25, 0.3) is 0 Å². The van der Waals surface area contributed by atoms with E-state index < -0.39 is 0 Å². The minimum atomic E-state index is 0.113. The summed E-state index contributed by atoms with van der Waals surface area (Å²) < 4.78 is 0. The van der Waals surface area contributed by atoms with Gasteiger partial charge in [-0.1, -0.05) is 24.6 Å². The van der Waals surface area contributed by atoms with Gasteiger partial charge in [-0.25, -0.2) is 4.98 Å². The predicted molar refractivity (Wildman–Crippen MR) is 68.0 cm³/mol. The Morgan fingerprint density at radius 2 is 2.35 bits per heavy atom. The van der Waals surface area contributed by atoms with Gasteiger partial charge in [-0.05, 0) is 25.0 Å². The third-order valence-electron chi connectivity index (χ3n) is 3.27. The van der Waals surface area contributed by atoms with Gasteiger partial charge in [0.2, 0.25) is 5.91 Å². The van der Waals surface area contributed by atoms with E-state index in [-0.39, 0.29) is 11.9 Å². The number of nitrogens with zero attached hydrogens (tertiary/aromatic N) is 2. The molecule has 1 aliphatic rings. The van der Waals surface area contributed by atoms with Crippen molar-refractivity contribution < 1.29 is 4.79 Å². The molecule has 0 aromatic carbocycles. The molecule has 1 amide bonds. The van der Waals surface area contributed by atoms with Gasteiger partial charge in [0.15, 0.2) is 0 Å². The molecule has 2 rings (SSSR count). The minimum absolute atomic E-state index is 0.113. The summed E-state index contributed by atoms with van der Waals surface area (Å²) in [6, 6.07) is 3.90. The predicted octanol–water partition coefficient (Wildman–Crippen LogP) is 2.98. The number of fused-ring (bicyclic) bond motifs is 1. The molecule has 2 heterocycles. The van der Waals surface area contributed by atoms with Crippen molar-refractivity contribution in [2.45, 2.75) is 39.2 Å². The van der Waals surface area contributed by atoms with E-state index in [2.05, 4.69) is 11.9 Å². The maximum atomic E-state index is 12.0. The van der Waals surface area contributed by atoms with Gasteiger partial charge in [-0.3, -0.25) is 4.79 Å². The van der Waals surface area contributed by atoms with Crippen molar-refractivity contribution in [1.82, 2.24) is 9.88 Å². The lowest BCUT2D eigenvalue weighted by molar-refractivity contribution is -0.133. The zero-order valence-electron chi connectivity index (χ0n) is 10.2. The van der Waals surface area contributed by atoms with E-state index in [0.717, 1.165) is 30.6 Å². The van der Waals surface area contributed by atoms with E-state index in [1.807, 2.05) is 17.9 Å². The van der Waals surface area contributed by atoms with Gasteiger partial charge >= 0.3 is 0 Å². The van der Waals surface area contributed by atoms with Gasteiger partial charge in [-0.15, -0.1) is 0 Å². The number of carbonyl (C=O) groups is 1. The summed E-state index contributed by atoms with van der Waals surface area (Å²) in [7, 11) is 0. The highest BCUT2D eigenvalue weighted by atomic mass is 35.5. The molecule has 0 N–H and O–H groups in total. The van der Waals surface area contributed by atoms with Crippen molar-refractivity contribution in [3.63, 3.8) is 0 Å². The van der Waals surface area contributed by atoms with Crippen LogP contribution in [0.15, 0.2) is 12.1 Å². The lowest BCUT2D eigenvalue weighted by Crippen LogP contribution is -2.39. The second-order valence-electron chi connectivity index (χ2n) is 4.43. The molecular weight excluding hydrogens is 236 g/mol. The average Bonchev–Trinajstić information content (AvgIpc) is 2.29. The fourth-order valence-corrected chi connectivity index (χ4v) is 2.52. The molecule has 92 valence electrons. The van der Waals surface area contributed by atoms with Gasteiger partial charge in [0.25, 0.3) is 0 Å². The zero-order chi connectivity index (χ0) is 12.4. The lowest BCUT2D eigenvalue weighted by atomic mass is 9.98. The highest BCUT2D eigenvalue weighted by Crippen LogP contribution is 2.29. The van der Waals surface area contributed by atoms with Crippen LogP contribution in [-0.2, 0) is 11.2 Å². The van der Waals surface area contributed by atoms with Gasteiger partial charge in [0.1, 0.15) is 5.15 Å².